The predicted octanol–water partition coefficient (Wildman–Crippen LogP) is 3.47. The summed E-state index contributed by atoms with van der Waals surface area (Å²) in [5, 5.41) is 0. The van der Waals surface area contributed by atoms with Crippen LogP contribution in [0.2, 0.25) is 0 Å². The van der Waals surface area contributed by atoms with Gasteiger partial charge in [0.15, 0.2) is 0 Å². The van der Waals surface area contributed by atoms with Gasteiger partial charge in [-0.1, -0.05) is 31.9 Å². The third kappa shape index (κ3) is 11.2. The first kappa shape index (κ1) is 13.2. The molecule has 0 heterocycles. The van der Waals surface area contributed by atoms with Gasteiger partial charge in [-0.25, -0.2) is 0 Å². The molecule has 2 heteroatoms. The van der Waals surface area contributed by atoms with Gasteiger partial charge in [0.1, 0.15) is 0 Å². The summed E-state index contributed by atoms with van der Waals surface area (Å²) in [6.07, 6.45) is 11.4. The first-order valence-electron chi connectivity index (χ1n) is 5.55. The molecule has 0 aromatic heterocycles. The van der Waals surface area contributed by atoms with Gasteiger partial charge in [0.25, 0.3) is 0 Å². The van der Waals surface area contributed by atoms with Gasteiger partial charge >= 0.3 is 5.97 Å². The molecule has 0 saturated carbocycles. The Labute approximate surface area is 87.3 Å². The molecule has 0 aliphatic rings. The molecule has 0 aromatic carbocycles. The van der Waals surface area contributed by atoms with E-state index < -0.39 is 0 Å². The highest BCUT2D eigenvalue weighted by Crippen LogP contribution is 2.01. The first-order chi connectivity index (χ1) is 6.77. The second-order valence-corrected chi connectivity index (χ2v) is 3.45. The van der Waals surface area contributed by atoms with Gasteiger partial charge in [-0.2, -0.15) is 0 Å². The predicted molar refractivity (Wildman–Crippen MR) is 59.1 cm³/mol. The third-order valence-electron chi connectivity index (χ3n) is 1.96. The number of carbonyl (C=O) groups is 1. The number of esters is 1. The lowest BCUT2D eigenvalue weighted by Gasteiger charge is -1.98. The van der Waals surface area contributed by atoms with E-state index in [0.29, 0.717) is 6.61 Å². The van der Waals surface area contributed by atoms with E-state index in [0.717, 1.165) is 12.8 Å². The zero-order chi connectivity index (χ0) is 10.6. The van der Waals surface area contributed by atoms with Crippen molar-refractivity contribution in [3.63, 3.8) is 0 Å². The smallest absolute Gasteiger partial charge is 0.302 e. The van der Waals surface area contributed by atoms with Gasteiger partial charge in [-0.05, 0) is 25.7 Å². The van der Waals surface area contributed by atoms with Gasteiger partial charge in [0.05, 0.1) is 6.61 Å². The Bertz CT molecular complexity index is 162. The highest BCUT2D eigenvalue weighted by atomic mass is 16.5. The average molecular weight is 198 g/mol. The Hall–Kier alpha value is -0.790. The van der Waals surface area contributed by atoms with Crippen molar-refractivity contribution >= 4 is 5.97 Å². The molecule has 0 fully saturated rings. The summed E-state index contributed by atoms with van der Waals surface area (Å²) in [5.74, 6) is -0.183. The monoisotopic (exact) mass is 198 g/mol. The van der Waals surface area contributed by atoms with Gasteiger partial charge in [0, 0.05) is 6.92 Å². The fourth-order valence-electron chi connectivity index (χ4n) is 1.16. The maximum absolute atomic E-state index is 10.4. The lowest BCUT2D eigenvalue weighted by Crippen LogP contribution is -1.99. The average Bonchev–Trinajstić information content (AvgIpc) is 2.15. The van der Waals surface area contributed by atoms with E-state index in [4.69, 9.17) is 4.74 Å². The molecule has 0 amide bonds. The number of hydrogen-bond donors (Lipinski definition) is 0. The number of ether oxygens (including phenoxy) is 1. The fraction of sp³-hybridized carbons (Fsp3) is 0.750. The van der Waals surface area contributed by atoms with Crippen molar-refractivity contribution in [2.24, 2.45) is 0 Å². The van der Waals surface area contributed by atoms with Gasteiger partial charge in [0.2, 0.25) is 0 Å². The molecular formula is C12H22O2. The Morgan fingerprint density at radius 1 is 1.14 bits per heavy atom. The first-order valence-corrected chi connectivity index (χ1v) is 5.55. The molecule has 0 aromatic rings. The van der Waals surface area contributed by atoms with Crippen LogP contribution in [0.1, 0.15) is 52.4 Å². The van der Waals surface area contributed by atoms with Crippen molar-refractivity contribution in [1.82, 2.24) is 0 Å². The van der Waals surface area contributed by atoms with Gasteiger partial charge in [-0.3, -0.25) is 4.79 Å². The van der Waals surface area contributed by atoms with Crippen LogP contribution in [0.25, 0.3) is 0 Å². The number of unbranched alkanes of at least 4 members (excludes halogenated alkanes) is 4. The molecular weight excluding hydrogens is 176 g/mol. The molecule has 82 valence electrons. The van der Waals surface area contributed by atoms with E-state index in [9.17, 15) is 4.79 Å². The molecule has 2 nitrogen and oxygen atoms in total. The van der Waals surface area contributed by atoms with Crippen molar-refractivity contribution in [1.29, 1.82) is 0 Å². The Balaban J connectivity index is 3.07. The Morgan fingerprint density at radius 3 is 2.36 bits per heavy atom. The number of rotatable bonds is 8. The molecule has 0 atom stereocenters. The zero-order valence-electron chi connectivity index (χ0n) is 9.42. The van der Waals surface area contributed by atoms with E-state index in [1.54, 1.807) is 0 Å². The molecule has 0 N–H and O–H groups in total. The molecule has 0 spiro atoms. The van der Waals surface area contributed by atoms with Crippen molar-refractivity contribution in [3.05, 3.63) is 12.2 Å². The van der Waals surface area contributed by atoms with Crippen LogP contribution in [0.4, 0.5) is 0 Å². The van der Waals surface area contributed by atoms with E-state index in [-0.39, 0.29) is 5.97 Å². The van der Waals surface area contributed by atoms with Crippen LogP contribution in [0, 0.1) is 0 Å². The minimum Gasteiger partial charge on any atom is -0.466 e. The molecule has 0 aliphatic heterocycles. The maximum Gasteiger partial charge on any atom is 0.302 e. The number of allylic oxidation sites excluding steroid dienone is 2. The van der Waals surface area contributed by atoms with Gasteiger partial charge in [-0.15, -0.1) is 0 Å². The topological polar surface area (TPSA) is 26.3 Å². The van der Waals surface area contributed by atoms with Gasteiger partial charge < -0.3 is 4.74 Å². The summed E-state index contributed by atoms with van der Waals surface area (Å²) >= 11 is 0. The molecule has 0 rings (SSSR count). The lowest BCUT2D eigenvalue weighted by molar-refractivity contribution is -0.141. The molecule has 14 heavy (non-hydrogen) atoms. The summed E-state index contributed by atoms with van der Waals surface area (Å²) < 4.78 is 4.81. The SMILES string of the molecule is CCCCC/C=C\CCCOC(C)=O. The fourth-order valence-corrected chi connectivity index (χ4v) is 1.16. The van der Waals surface area contributed by atoms with Crippen LogP contribution < -0.4 is 0 Å². The van der Waals surface area contributed by atoms with Crippen LogP contribution in [0.15, 0.2) is 12.2 Å². The van der Waals surface area contributed by atoms with Crippen LogP contribution in [0.5, 0.6) is 0 Å². The molecule has 0 aliphatic carbocycles. The Kier molecular flexibility index (Phi) is 9.71. The highest BCUT2D eigenvalue weighted by molar-refractivity contribution is 5.65. The molecule has 0 bridgehead atoms. The zero-order valence-corrected chi connectivity index (χ0v) is 9.42. The van der Waals surface area contributed by atoms with Crippen LogP contribution in [-0.2, 0) is 9.53 Å². The van der Waals surface area contributed by atoms with E-state index in [1.165, 1.54) is 32.6 Å². The van der Waals surface area contributed by atoms with E-state index in [1.807, 2.05) is 0 Å². The second kappa shape index (κ2) is 10.3. The molecule has 0 radical (unpaired) electrons. The molecule has 0 saturated heterocycles. The second-order valence-electron chi connectivity index (χ2n) is 3.45. The van der Waals surface area contributed by atoms with Crippen molar-refractivity contribution in [2.45, 2.75) is 52.4 Å². The standard InChI is InChI=1S/C12H22O2/c1-3-4-5-6-7-8-9-10-11-14-12(2)13/h7-8H,3-6,9-11H2,1-2H3/b8-7-. The summed E-state index contributed by atoms with van der Waals surface area (Å²) in [7, 11) is 0. The highest BCUT2D eigenvalue weighted by Gasteiger charge is 1.90. The van der Waals surface area contributed by atoms with Crippen molar-refractivity contribution in [3.8, 4) is 0 Å². The molecule has 0 unspecified atom stereocenters. The number of hydrogen-bond acceptors (Lipinski definition) is 2. The largest absolute Gasteiger partial charge is 0.466 e. The van der Waals surface area contributed by atoms with E-state index >= 15 is 0 Å². The lowest BCUT2D eigenvalue weighted by atomic mass is 10.2. The minimum absolute atomic E-state index is 0.183. The summed E-state index contributed by atoms with van der Waals surface area (Å²) in [6.45, 7) is 4.21. The summed E-state index contributed by atoms with van der Waals surface area (Å²) in [6, 6.07) is 0. The van der Waals surface area contributed by atoms with Crippen molar-refractivity contribution < 1.29 is 9.53 Å². The summed E-state index contributed by atoms with van der Waals surface area (Å²) in [4.78, 5) is 10.4. The van der Waals surface area contributed by atoms with Crippen LogP contribution in [-0.4, -0.2) is 12.6 Å². The van der Waals surface area contributed by atoms with Crippen LogP contribution >= 0.6 is 0 Å². The Morgan fingerprint density at radius 2 is 1.79 bits per heavy atom. The van der Waals surface area contributed by atoms with Crippen molar-refractivity contribution in [2.75, 3.05) is 6.61 Å². The maximum atomic E-state index is 10.4. The quantitative estimate of drug-likeness (QED) is 0.339. The number of carbonyl (C=O) groups excluding carboxylic acids is 1. The summed E-state index contributed by atoms with van der Waals surface area (Å²) in [5.41, 5.74) is 0. The van der Waals surface area contributed by atoms with E-state index in [2.05, 4.69) is 19.1 Å². The third-order valence-corrected chi connectivity index (χ3v) is 1.96. The minimum atomic E-state index is -0.183. The normalized spacial score (nSPS) is 10.7. The van der Waals surface area contributed by atoms with Crippen LogP contribution in [0.3, 0.4) is 0 Å².